The van der Waals surface area contributed by atoms with Gasteiger partial charge in [-0.25, -0.2) is 0 Å². The van der Waals surface area contributed by atoms with Crippen molar-refractivity contribution in [1.29, 1.82) is 0 Å². The predicted molar refractivity (Wildman–Crippen MR) is 75.7 cm³/mol. The van der Waals surface area contributed by atoms with Crippen LogP contribution in [0.15, 0.2) is 18.5 Å². The van der Waals surface area contributed by atoms with Crippen molar-refractivity contribution < 1.29 is 14.7 Å². The Morgan fingerprint density at radius 2 is 1.90 bits per heavy atom. The number of nitrogens with one attached hydrogen (secondary N) is 1. The summed E-state index contributed by atoms with van der Waals surface area (Å²) in [6.07, 6.45) is 6.33. The lowest BCUT2D eigenvalue weighted by atomic mass is 10.0. The van der Waals surface area contributed by atoms with E-state index < -0.39 is 0 Å². The molecule has 0 unspecified atom stereocenters. The fourth-order valence-electron chi connectivity index (χ4n) is 2.65. The maximum absolute atomic E-state index is 12.1. The van der Waals surface area contributed by atoms with Gasteiger partial charge in [0.1, 0.15) is 5.75 Å². The molecule has 1 aliphatic heterocycles. The van der Waals surface area contributed by atoms with E-state index in [0.29, 0.717) is 18.7 Å². The van der Waals surface area contributed by atoms with Crippen LogP contribution in [0.5, 0.6) is 5.75 Å². The van der Waals surface area contributed by atoms with Gasteiger partial charge in [-0.3, -0.25) is 14.6 Å². The Kier molecular flexibility index (Phi) is 3.77. The number of rotatable bonds is 3. The van der Waals surface area contributed by atoms with E-state index in [1.807, 2.05) is 4.90 Å². The van der Waals surface area contributed by atoms with Crippen molar-refractivity contribution in [3.63, 3.8) is 0 Å². The molecule has 2 heterocycles. The zero-order chi connectivity index (χ0) is 14.8. The second kappa shape index (κ2) is 5.71. The smallest absolute Gasteiger partial charge is 0.253 e. The van der Waals surface area contributed by atoms with E-state index in [2.05, 4.69) is 10.3 Å². The lowest BCUT2D eigenvalue weighted by Gasteiger charge is -2.32. The quantitative estimate of drug-likeness (QED) is 0.866. The number of nitrogens with zero attached hydrogens (tertiary/aromatic N) is 2. The fourth-order valence-corrected chi connectivity index (χ4v) is 2.65. The minimum absolute atomic E-state index is 0.0208. The largest absolute Gasteiger partial charge is 0.506 e. The van der Waals surface area contributed by atoms with E-state index in [4.69, 9.17) is 0 Å². The van der Waals surface area contributed by atoms with E-state index in [1.54, 1.807) is 0 Å². The van der Waals surface area contributed by atoms with Crippen LogP contribution in [-0.4, -0.2) is 45.9 Å². The van der Waals surface area contributed by atoms with Gasteiger partial charge in [0.2, 0.25) is 5.91 Å². The first kappa shape index (κ1) is 13.9. The maximum atomic E-state index is 12.1. The Balaban J connectivity index is 1.50. The summed E-state index contributed by atoms with van der Waals surface area (Å²) in [4.78, 5) is 29.7. The number of likely N-dealkylation sites (tertiary alicyclic amines) is 1. The number of aromatic nitrogens is 1. The Morgan fingerprint density at radius 1 is 1.19 bits per heavy atom. The lowest BCUT2D eigenvalue weighted by Crippen LogP contribution is -2.47. The van der Waals surface area contributed by atoms with Crippen molar-refractivity contribution in [2.24, 2.45) is 5.92 Å². The fraction of sp³-hybridized carbons (Fsp3) is 0.533. The van der Waals surface area contributed by atoms with E-state index in [1.165, 1.54) is 18.5 Å². The summed E-state index contributed by atoms with van der Waals surface area (Å²) in [6.45, 7) is 1.41. The Labute approximate surface area is 123 Å². The molecule has 6 nitrogen and oxygen atoms in total. The standard InChI is InChI=1S/C15H19N3O3/c19-13-7-11(8-16-9-13)14(20)17-12-3-5-18(6-4-12)15(21)10-1-2-10/h7-10,12,19H,1-6H2,(H,17,20). The van der Waals surface area contributed by atoms with Gasteiger partial charge in [-0.2, -0.15) is 0 Å². The lowest BCUT2D eigenvalue weighted by molar-refractivity contribution is -0.133. The normalized spacial score (nSPS) is 19.3. The third-order valence-corrected chi connectivity index (χ3v) is 4.05. The van der Waals surface area contributed by atoms with E-state index in [-0.39, 0.29) is 29.5 Å². The average Bonchev–Trinajstić information content (AvgIpc) is 3.32. The molecule has 0 spiro atoms. The molecule has 2 amide bonds. The number of piperidine rings is 1. The van der Waals surface area contributed by atoms with Crippen LogP contribution in [0.25, 0.3) is 0 Å². The zero-order valence-electron chi connectivity index (χ0n) is 11.8. The predicted octanol–water partition coefficient (Wildman–Crippen LogP) is 0.918. The molecule has 3 rings (SSSR count). The molecule has 0 radical (unpaired) electrons. The van der Waals surface area contributed by atoms with E-state index >= 15 is 0 Å². The first-order valence-electron chi connectivity index (χ1n) is 7.37. The summed E-state index contributed by atoms with van der Waals surface area (Å²) in [5.41, 5.74) is 0.353. The highest BCUT2D eigenvalue weighted by Gasteiger charge is 2.35. The molecule has 1 aliphatic carbocycles. The number of aromatic hydroxyl groups is 1. The van der Waals surface area contributed by atoms with Crippen molar-refractivity contribution in [3.05, 3.63) is 24.0 Å². The maximum Gasteiger partial charge on any atom is 0.253 e. The SMILES string of the molecule is O=C(NC1CCN(C(=O)C2CC2)CC1)c1cncc(O)c1. The Bertz CT molecular complexity index is 549. The highest BCUT2D eigenvalue weighted by molar-refractivity contribution is 5.94. The van der Waals surface area contributed by atoms with Crippen LogP contribution in [0.1, 0.15) is 36.0 Å². The summed E-state index contributed by atoms with van der Waals surface area (Å²) in [5.74, 6) is 0.282. The molecule has 0 bridgehead atoms. The number of pyridine rings is 1. The molecule has 6 heteroatoms. The number of carbonyl (C=O) groups excluding carboxylic acids is 2. The van der Waals surface area contributed by atoms with Gasteiger partial charge in [0.25, 0.3) is 5.91 Å². The van der Waals surface area contributed by atoms with E-state index in [0.717, 1.165) is 25.7 Å². The summed E-state index contributed by atoms with van der Waals surface area (Å²) in [7, 11) is 0. The number of hydrogen-bond donors (Lipinski definition) is 2. The molecule has 21 heavy (non-hydrogen) atoms. The number of carbonyl (C=O) groups is 2. The molecule has 2 N–H and O–H groups in total. The number of hydrogen-bond acceptors (Lipinski definition) is 4. The summed E-state index contributed by atoms with van der Waals surface area (Å²) >= 11 is 0. The van der Waals surface area contributed by atoms with Crippen LogP contribution >= 0.6 is 0 Å². The molecule has 0 aromatic carbocycles. The van der Waals surface area contributed by atoms with Gasteiger partial charge in [0.05, 0.1) is 11.8 Å². The second-order valence-corrected chi connectivity index (χ2v) is 5.78. The third-order valence-electron chi connectivity index (χ3n) is 4.05. The van der Waals surface area contributed by atoms with Crippen LogP contribution in [0.2, 0.25) is 0 Å². The topological polar surface area (TPSA) is 82.5 Å². The van der Waals surface area contributed by atoms with Gasteiger partial charge in [-0.1, -0.05) is 0 Å². The molecule has 112 valence electrons. The van der Waals surface area contributed by atoms with Crippen molar-refractivity contribution in [3.8, 4) is 5.75 Å². The summed E-state index contributed by atoms with van der Waals surface area (Å²) in [5, 5.41) is 12.3. The van der Waals surface area contributed by atoms with Crippen LogP contribution in [0.3, 0.4) is 0 Å². The molecular weight excluding hydrogens is 270 g/mol. The van der Waals surface area contributed by atoms with Gasteiger partial charge in [0, 0.05) is 31.2 Å². The van der Waals surface area contributed by atoms with Crippen molar-refractivity contribution in [1.82, 2.24) is 15.2 Å². The molecule has 1 aromatic rings. The first-order chi connectivity index (χ1) is 10.1. The number of amides is 2. The van der Waals surface area contributed by atoms with E-state index in [9.17, 15) is 14.7 Å². The van der Waals surface area contributed by atoms with Crippen molar-refractivity contribution in [2.45, 2.75) is 31.7 Å². The molecular formula is C15H19N3O3. The first-order valence-corrected chi connectivity index (χ1v) is 7.37. The minimum Gasteiger partial charge on any atom is -0.506 e. The van der Waals surface area contributed by atoms with Crippen LogP contribution in [0.4, 0.5) is 0 Å². The highest BCUT2D eigenvalue weighted by atomic mass is 16.3. The van der Waals surface area contributed by atoms with Gasteiger partial charge < -0.3 is 15.3 Å². The van der Waals surface area contributed by atoms with Crippen molar-refractivity contribution in [2.75, 3.05) is 13.1 Å². The van der Waals surface area contributed by atoms with Crippen LogP contribution < -0.4 is 5.32 Å². The second-order valence-electron chi connectivity index (χ2n) is 5.78. The van der Waals surface area contributed by atoms with Crippen LogP contribution in [-0.2, 0) is 4.79 Å². The Hall–Kier alpha value is -2.11. The molecule has 1 saturated heterocycles. The molecule has 2 aliphatic rings. The summed E-state index contributed by atoms with van der Waals surface area (Å²) < 4.78 is 0. The van der Waals surface area contributed by atoms with Gasteiger partial charge in [-0.05, 0) is 31.7 Å². The Morgan fingerprint density at radius 3 is 2.52 bits per heavy atom. The van der Waals surface area contributed by atoms with Gasteiger partial charge in [-0.15, -0.1) is 0 Å². The van der Waals surface area contributed by atoms with Gasteiger partial charge >= 0.3 is 0 Å². The zero-order valence-corrected chi connectivity index (χ0v) is 11.8. The highest BCUT2D eigenvalue weighted by Crippen LogP contribution is 2.31. The van der Waals surface area contributed by atoms with Crippen molar-refractivity contribution >= 4 is 11.8 Å². The molecule has 1 aromatic heterocycles. The molecule has 0 atom stereocenters. The monoisotopic (exact) mass is 289 g/mol. The minimum atomic E-state index is -0.231. The van der Waals surface area contributed by atoms with Gasteiger partial charge in [0.15, 0.2) is 0 Å². The molecule has 2 fully saturated rings. The average molecular weight is 289 g/mol. The summed E-state index contributed by atoms with van der Waals surface area (Å²) in [6, 6.07) is 1.47. The van der Waals surface area contributed by atoms with Crippen LogP contribution in [0, 0.1) is 5.92 Å². The molecule has 1 saturated carbocycles. The third kappa shape index (κ3) is 3.32.